The molecule has 2 rings (SSSR count). The molecule has 0 aliphatic heterocycles. The number of hydrogen-bond acceptors (Lipinski definition) is 2. The van der Waals surface area contributed by atoms with Gasteiger partial charge in [0, 0.05) is 37.3 Å². The number of carbonyl (C=O) groups excluding carboxylic acids is 1. The van der Waals surface area contributed by atoms with Gasteiger partial charge < -0.3 is 4.90 Å². The fraction of sp³-hybridized carbons (Fsp3) is 0.714. The highest BCUT2D eigenvalue weighted by Crippen LogP contribution is 2.31. The molecule has 0 saturated heterocycles. The standard InChI is InChI=1S/C14H23N3O/c1-5-8-17(14(18)12-6-7-12)9-13-10(2)15-16(4)11(13)3/h12H,5-9H2,1-4H3. The van der Waals surface area contributed by atoms with Gasteiger partial charge in [-0.15, -0.1) is 0 Å². The van der Waals surface area contributed by atoms with Crippen molar-refractivity contribution in [3.8, 4) is 0 Å². The second-order valence-corrected chi connectivity index (χ2v) is 5.31. The third kappa shape index (κ3) is 2.57. The topological polar surface area (TPSA) is 38.1 Å². The molecule has 1 aliphatic carbocycles. The van der Waals surface area contributed by atoms with E-state index in [9.17, 15) is 4.79 Å². The van der Waals surface area contributed by atoms with Crippen LogP contribution in [0.5, 0.6) is 0 Å². The lowest BCUT2D eigenvalue weighted by atomic mass is 10.1. The van der Waals surface area contributed by atoms with Crippen molar-refractivity contribution in [1.29, 1.82) is 0 Å². The van der Waals surface area contributed by atoms with Gasteiger partial charge >= 0.3 is 0 Å². The van der Waals surface area contributed by atoms with E-state index in [4.69, 9.17) is 0 Å². The highest BCUT2D eigenvalue weighted by Gasteiger charge is 2.33. The average Bonchev–Trinajstić information content (AvgIpc) is 3.13. The van der Waals surface area contributed by atoms with Crippen LogP contribution in [-0.2, 0) is 18.4 Å². The van der Waals surface area contributed by atoms with Gasteiger partial charge in [0.15, 0.2) is 0 Å². The Morgan fingerprint density at radius 1 is 1.44 bits per heavy atom. The van der Waals surface area contributed by atoms with Crippen molar-refractivity contribution in [3.05, 3.63) is 17.0 Å². The largest absolute Gasteiger partial charge is 0.338 e. The molecule has 0 spiro atoms. The first-order valence-electron chi connectivity index (χ1n) is 6.82. The predicted molar refractivity (Wildman–Crippen MR) is 71.1 cm³/mol. The van der Waals surface area contributed by atoms with Crippen LogP contribution in [0.15, 0.2) is 0 Å². The number of nitrogens with zero attached hydrogens (tertiary/aromatic N) is 3. The maximum atomic E-state index is 12.2. The second-order valence-electron chi connectivity index (χ2n) is 5.31. The molecule has 1 fully saturated rings. The zero-order valence-electron chi connectivity index (χ0n) is 11.9. The van der Waals surface area contributed by atoms with Crippen molar-refractivity contribution in [3.63, 3.8) is 0 Å². The number of rotatable bonds is 5. The molecule has 18 heavy (non-hydrogen) atoms. The summed E-state index contributed by atoms with van der Waals surface area (Å²) in [7, 11) is 1.96. The molecule has 1 heterocycles. The zero-order valence-corrected chi connectivity index (χ0v) is 11.9. The van der Waals surface area contributed by atoms with Gasteiger partial charge in [-0.05, 0) is 33.1 Å². The Hall–Kier alpha value is -1.32. The van der Waals surface area contributed by atoms with Crippen LogP contribution in [-0.4, -0.2) is 27.1 Å². The second kappa shape index (κ2) is 5.12. The van der Waals surface area contributed by atoms with Crippen molar-refractivity contribution < 1.29 is 4.79 Å². The zero-order chi connectivity index (χ0) is 13.3. The van der Waals surface area contributed by atoms with Gasteiger partial charge in [-0.2, -0.15) is 5.10 Å². The molecule has 1 aromatic heterocycles. The lowest BCUT2D eigenvalue weighted by Gasteiger charge is -2.22. The molecule has 1 amide bonds. The van der Waals surface area contributed by atoms with E-state index in [1.54, 1.807) is 0 Å². The third-order valence-electron chi connectivity index (χ3n) is 3.74. The molecular formula is C14H23N3O. The van der Waals surface area contributed by atoms with Gasteiger partial charge in [-0.3, -0.25) is 9.48 Å². The number of amides is 1. The summed E-state index contributed by atoms with van der Waals surface area (Å²) in [4.78, 5) is 14.2. The van der Waals surface area contributed by atoms with E-state index in [1.807, 2.05) is 23.6 Å². The van der Waals surface area contributed by atoms with Crippen LogP contribution >= 0.6 is 0 Å². The van der Waals surface area contributed by atoms with Crippen LogP contribution in [0, 0.1) is 19.8 Å². The minimum absolute atomic E-state index is 0.300. The molecule has 0 N–H and O–H groups in total. The summed E-state index contributed by atoms with van der Waals surface area (Å²) >= 11 is 0. The number of aromatic nitrogens is 2. The first kappa shape index (κ1) is 13.1. The van der Waals surface area contributed by atoms with Crippen molar-refractivity contribution in [2.45, 2.75) is 46.6 Å². The fourth-order valence-corrected chi connectivity index (χ4v) is 2.36. The summed E-state index contributed by atoms with van der Waals surface area (Å²) in [6.07, 6.45) is 3.16. The summed E-state index contributed by atoms with van der Waals surface area (Å²) in [6, 6.07) is 0. The SMILES string of the molecule is CCCN(Cc1c(C)nn(C)c1C)C(=O)C1CC1. The van der Waals surface area contributed by atoms with Crippen molar-refractivity contribution in [1.82, 2.24) is 14.7 Å². The summed E-state index contributed by atoms with van der Waals surface area (Å²) in [5, 5.41) is 4.42. The molecule has 4 heteroatoms. The number of carbonyl (C=O) groups is 1. The molecule has 0 unspecified atom stereocenters. The maximum Gasteiger partial charge on any atom is 0.225 e. The van der Waals surface area contributed by atoms with E-state index in [-0.39, 0.29) is 0 Å². The average molecular weight is 249 g/mol. The van der Waals surface area contributed by atoms with Crippen LogP contribution in [0.2, 0.25) is 0 Å². The molecule has 1 aliphatic rings. The van der Waals surface area contributed by atoms with Gasteiger partial charge in [-0.25, -0.2) is 0 Å². The first-order chi connectivity index (χ1) is 8.54. The van der Waals surface area contributed by atoms with Gasteiger partial charge in [0.2, 0.25) is 5.91 Å². The van der Waals surface area contributed by atoms with Gasteiger partial charge in [-0.1, -0.05) is 6.92 Å². The Morgan fingerprint density at radius 2 is 2.11 bits per heavy atom. The summed E-state index contributed by atoms with van der Waals surface area (Å²) < 4.78 is 1.90. The third-order valence-corrected chi connectivity index (χ3v) is 3.74. The maximum absolute atomic E-state index is 12.2. The van der Waals surface area contributed by atoms with E-state index in [1.165, 1.54) is 5.56 Å². The molecule has 0 radical (unpaired) electrons. The molecular weight excluding hydrogens is 226 g/mol. The lowest BCUT2D eigenvalue weighted by molar-refractivity contribution is -0.133. The van der Waals surface area contributed by atoms with Crippen molar-refractivity contribution in [2.24, 2.45) is 13.0 Å². The molecule has 0 atom stereocenters. The van der Waals surface area contributed by atoms with E-state index < -0.39 is 0 Å². The normalized spacial score (nSPS) is 14.9. The van der Waals surface area contributed by atoms with E-state index >= 15 is 0 Å². The Kier molecular flexibility index (Phi) is 3.73. The van der Waals surface area contributed by atoms with Crippen molar-refractivity contribution in [2.75, 3.05) is 6.54 Å². The Bertz CT molecular complexity index is 446. The van der Waals surface area contributed by atoms with E-state index in [0.717, 1.165) is 37.2 Å². The quantitative estimate of drug-likeness (QED) is 0.802. The molecule has 0 aromatic carbocycles. The lowest BCUT2D eigenvalue weighted by Crippen LogP contribution is -2.32. The smallest absolute Gasteiger partial charge is 0.225 e. The van der Waals surface area contributed by atoms with Gasteiger partial charge in [0.1, 0.15) is 0 Å². The summed E-state index contributed by atoms with van der Waals surface area (Å²) in [5.74, 6) is 0.633. The van der Waals surface area contributed by atoms with Crippen molar-refractivity contribution >= 4 is 5.91 Å². The molecule has 0 bridgehead atoms. The predicted octanol–water partition coefficient (Wildman–Crippen LogP) is 2.19. The van der Waals surface area contributed by atoms with Gasteiger partial charge in [0.05, 0.1) is 5.69 Å². The first-order valence-corrected chi connectivity index (χ1v) is 6.82. The molecule has 1 saturated carbocycles. The Morgan fingerprint density at radius 3 is 2.56 bits per heavy atom. The minimum atomic E-state index is 0.300. The Labute approximate surface area is 109 Å². The fourth-order valence-electron chi connectivity index (χ4n) is 2.36. The molecule has 100 valence electrons. The monoisotopic (exact) mass is 249 g/mol. The van der Waals surface area contributed by atoms with Crippen LogP contribution < -0.4 is 0 Å². The Balaban J connectivity index is 2.14. The van der Waals surface area contributed by atoms with Crippen LogP contribution in [0.4, 0.5) is 0 Å². The van der Waals surface area contributed by atoms with Crippen LogP contribution in [0.3, 0.4) is 0 Å². The minimum Gasteiger partial charge on any atom is -0.338 e. The van der Waals surface area contributed by atoms with Crippen LogP contribution in [0.25, 0.3) is 0 Å². The number of hydrogen-bond donors (Lipinski definition) is 0. The summed E-state index contributed by atoms with van der Waals surface area (Å²) in [6.45, 7) is 7.78. The number of aryl methyl sites for hydroxylation is 2. The van der Waals surface area contributed by atoms with E-state index in [0.29, 0.717) is 18.4 Å². The summed E-state index contributed by atoms with van der Waals surface area (Å²) in [5.41, 5.74) is 3.41. The highest BCUT2D eigenvalue weighted by atomic mass is 16.2. The molecule has 1 aromatic rings. The molecule has 4 nitrogen and oxygen atoms in total. The van der Waals surface area contributed by atoms with Crippen LogP contribution in [0.1, 0.15) is 43.1 Å². The van der Waals surface area contributed by atoms with E-state index in [2.05, 4.69) is 18.9 Å². The van der Waals surface area contributed by atoms with Gasteiger partial charge in [0.25, 0.3) is 0 Å². The highest BCUT2D eigenvalue weighted by molar-refractivity contribution is 5.81.